The molecule has 1 aliphatic carbocycles. The van der Waals surface area contributed by atoms with Crippen LogP contribution in [0.25, 0.3) is 0 Å². The van der Waals surface area contributed by atoms with E-state index in [2.05, 4.69) is 28.6 Å². The fourth-order valence-electron chi connectivity index (χ4n) is 2.51. The Kier molecular flexibility index (Phi) is 5.45. The third kappa shape index (κ3) is 4.71. The van der Waals surface area contributed by atoms with Gasteiger partial charge in [0.25, 0.3) is 0 Å². The summed E-state index contributed by atoms with van der Waals surface area (Å²) in [5.41, 5.74) is 2.15. The highest BCUT2D eigenvalue weighted by Crippen LogP contribution is 2.24. The van der Waals surface area contributed by atoms with Gasteiger partial charge in [-0.1, -0.05) is 6.92 Å². The van der Waals surface area contributed by atoms with Crippen LogP contribution in [0.3, 0.4) is 0 Å². The Bertz CT molecular complexity index is 375. The average molecular weight is 263 g/mol. The molecule has 3 N–H and O–H groups in total. The second-order valence-corrected chi connectivity index (χ2v) is 5.44. The number of anilines is 2. The molecule has 0 aliphatic heterocycles. The molecule has 0 spiro atoms. The number of hydrogen-bond donors (Lipinski definition) is 3. The predicted molar refractivity (Wildman–Crippen MR) is 79.5 cm³/mol. The lowest BCUT2D eigenvalue weighted by Gasteiger charge is -2.25. The van der Waals surface area contributed by atoms with Gasteiger partial charge in [-0.2, -0.15) is 0 Å². The zero-order valence-corrected chi connectivity index (χ0v) is 11.7. The van der Waals surface area contributed by atoms with Crippen LogP contribution in [0.15, 0.2) is 18.5 Å². The van der Waals surface area contributed by atoms with Crippen LogP contribution in [0, 0.1) is 5.92 Å². The molecule has 0 saturated heterocycles. The Labute approximate surface area is 115 Å². The second kappa shape index (κ2) is 7.34. The molecule has 0 aromatic carbocycles. The summed E-state index contributed by atoms with van der Waals surface area (Å²) >= 11 is 0. The molecule has 2 rings (SSSR count). The van der Waals surface area contributed by atoms with E-state index in [9.17, 15) is 5.11 Å². The van der Waals surface area contributed by atoms with Crippen molar-refractivity contribution in [3.63, 3.8) is 0 Å². The maximum atomic E-state index is 9.49. The van der Waals surface area contributed by atoms with Gasteiger partial charge in [0.2, 0.25) is 0 Å². The van der Waals surface area contributed by atoms with Crippen LogP contribution < -0.4 is 10.6 Å². The van der Waals surface area contributed by atoms with Crippen LogP contribution in [0.4, 0.5) is 11.4 Å². The molecular formula is C15H25N3O. The molecule has 0 bridgehead atoms. The molecule has 1 fully saturated rings. The molecule has 1 aromatic rings. The number of nitrogens with zero attached hydrogens (tertiary/aromatic N) is 1. The first-order valence-electron chi connectivity index (χ1n) is 7.38. The van der Waals surface area contributed by atoms with Gasteiger partial charge in [-0.3, -0.25) is 4.98 Å². The van der Waals surface area contributed by atoms with E-state index in [-0.39, 0.29) is 6.10 Å². The number of rotatable bonds is 6. The third-order valence-electron chi connectivity index (χ3n) is 3.73. The van der Waals surface area contributed by atoms with Crippen LogP contribution >= 0.6 is 0 Å². The van der Waals surface area contributed by atoms with E-state index in [1.807, 2.05) is 12.4 Å². The Balaban J connectivity index is 1.78. The summed E-state index contributed by atoms with van der Waals surface area (Å²) in [6, 6.07) is 2.11. The van der Waals surface area contributed by atoms with Gasteiger partial charge in [-0.25, -0.2) is 0 Å². The van der Waals surface area contributed by atoms with E-state index in [0.29, 0.717) is 5.92 Å². The molecule has 0 unspecified atom stereocenters. The lowest BCUT2D eigenvalue weighted by molar-refractivity contribution is 0.111. The van der Waals surface area contributed by atoms with E-state index in [4.69, 9.17) is 0 Å². The Morgan fingerprint density at radius 3 is 2.53 bits per heavy atom. The van der Waals surface area contributed by atoms with Crippen LogP contribution in [-0.2, 0) is 0 Å². The fourth-order valence-corrected chi connectivity index (χ4v) is 2.51. The van der Waals surface area contributed by atoms with Gasteiger partial charge in [0, 0.05) is 13.1 Å². The Morgan fingerprint density at radius 1 is 1.16 bits per heavy atom. The fraction of sp³-hybridized carbons (Fsp3) is 0.667. The first-order valence-corrected chi connectivity index (χ1v) is 7.38. The molecule has 4 heteroatoms. The van der Waals surface area contributed by atoms with Crippen molar-refractivity contribution < 1.29 is 5.11 Å². The Hall–Kier alpha value is -1.29. The third-order valence-corrected chi connectivity index (χ3v) is 3.73. The molecule has 1 heterocycles. The van der Waals surface area contributed by atoms with Gasteiger partial charge in [0.15, 0.2) is 0 Å². The molecule has 106 valence electrons. The van der Waals surface area contributed by atoms with Crippen LogP contribution in [0.5, 0.6) is 0 Å². The van der Waals surface area contributed by atoms with E-state index in [1.54, 1.807) is 0 Å². The molecular weight excluding hydrogens is 238 g/mol. The second-order valence-electron chi connectivity index (χ2n) is 5.44. The maximum Gasteiger partial charge on any atom is 0.0547 e. The minimum atomic E-state index is -0.0699. The highest BCUT2D eigenvalue weighted by molar-refractivity contribution is 5.53. The predicted octanol–water partition coefficient (Wildman–Crippen LogP) is 2.87. The largest absolute Gasteiger partial charge is 0.393 e. The first kappa shape index (κ1) is 14.1. The smallest absolute Gasteiger partial charge is 0.0547 e. The molecule has 1 aromatic heterocycles. The van der Waals surface area contributed by atoms with Gasteiger partial charge in [-0.05, 0) is 44.1 Å². The van der Waals surface area contributed by atoms with Crippen LogP contribution in [0.1, 0.15) is 39.0 Å². The van der Waals surface area contributed by atoms with Gasteiger partial charge in [-0.15, -0.1) is 0 Å². The van der Waals surface area contributed by atoms with Gasteiger partial charge < -0.3 is 15.7 Å². The lowest BCUT2D eigenvalue weighted by atomic mass is 9.87. The molecule has 0 amide bonds. The molecule has 1 saturated carbocycles. The Morgan fingerprint density at radius 2 is 1.84 bits per heavy atom. The van der Waals surface area contributed by atoms with E-state index in [1.165, 1.54) is 0 Å². The lowest BCUT2D eigenvalue weighted by Crippen LogP contribution is -2.23. The van der Waals surface area contributed by atoms with Crippen molar-refractivity contribution in [2.75, 3.05) is 23.7 Å². The summed E-state index contributed by atoms with van der Waals surface area (Å²) in [6.45, 7) is 4.11. The van der Waals surface area contributed by atoms with Crippen LogP contribution in [-0.4, -0.2) is 29.3 Å². The topological polar surface area (TPSA) is 57.2 Å². The standard InChI is InChI=1S/C15H25N3O/c1-2-7-17-13-8-14(11-16-10-13)18-9-12-3-5-15(19)6-4-12/h8,10-12,15,17-19H,2-7,9H2,1H3. The number of aliphatic hydroxyl groups is 1. The van der Waals surface area contributed by atoms with Gasteiger partial charge in [0.05, 0.1) is 29.9 Å². The maximum absolute atomic E-state index is 9.49. The van der Waals surface area contributed by atoms with E-state index < -0.39 is 0 Å². The van der Waals surface area contributed by atoms with Gasteiger partial charge >= 0.3 is 0 Å². The quantitative estimate of drug-likeness (QED) is 0.738. The SMILES string of the molecule is CCCNc1cncc(NCC2CCC(O)CC2)c1. The van der Waals surface area contributed by atoms with E-state index >= 15 is 0 Å². The van der Waals surface area contributed by atoms with Crippen molar-refractivity contribution >= 4 is 11.4 Å². The van der Waals surface area contributed by atoms with E-state index in [0.717, 1.165) is 56.6 Å². The van der Waals surface area contributed by atoms with Gasteiger partial charge in [0.1, 0.15) is 0 Å². The molecule has 1 aliphatic rings. The average Bonchev–Trinajstić information content (AvgIpc) is 2.45. The number of nitrogens with one attached hydrogen (secondary N) is 2. The monoisotopic (exact) mass is 263 g/mol. The van der Waals surface area contributed by atoms with Crippen molar-refractivity contribution in [2.45, 2.75) is 45.1 Å². The zero-order valence-electron chi connectivity index (χ0n) is 11.7. The number of aliphatic hydroxyl groups excluding tert-OH is 1. The summed E-state index contributed by atoms with van der Waals surface area (Å²) in [5, 5.41) is 16.3. The number of aromatic nitrogens is 1. The molecule has 0 radical (unpaired) electrons. The molecule has 19 heavy (non-hydrogen) atoms. The minimum Gasteiger partial charge on any atom is -0.393 e. The summed E-state index contributed by atoms with van der Waals surface area (Å²) in [7, 11) is 0. The van der Waals surface area contributed by atoms with Crippen molar-refractivity contribution in [3.05, 3.63) is 18.5 Å². The summed E-state index contributed by atoms with van der Waals surface area (Å²) < 4.78 is 0. The van der Waals surface area contributed by atoms with Crippen molar-refractivity contribution in [2.24, 2.45) is 5.92 Å². The van der Waals surface area contributed by atoms with Crippen molar-refractivity contribution in [3.8, 4) is 0 Å². The normalized spacial score (nSPS) is 23.1. The summed E-state index contributed by atoms with van der Waals surface area (Å²) in [4.78, 5) is 4.25. The highest BCUT2D eigenvalue weighted by Gasteiger charge is 2.18. The minimum absolute atomic E-state index is 0.0699. The molecule has 0 atom stereocenters. The van der Waals surface area contributed by atoms with Crippen molar-refractivity contribution in [1.29, 1.82) is 0 Å². The zero-order chi connectivity index (χ0) is 13.5. The molecule has 4 nitrogen and oxygen atoms in total. The summed E-state index contributed by atoms with van der Waals surface area (Å²) in [5.74, 6) is 0.677. The summed E-state index contributed by atoms with van der Waals surface area (Å²) in [6.07, 6.45) is 8.91. The highest BCUT2D eigenvalue weighted by atomic mass is 16.3. The first-order chi connectivity index (χ1) is 9.28. The van der Waals surface area contributed by atoms with Crippen molar-refractivity contribution in [1.82, 2.24) is 4.98 Å². The number of pyridine rings is 1. The van der Waals surface area contributed by atoms with Crippen LogP contribution in [0.2, 0.25) is 0 Å². The number of hydrogen-bond acceptors (Lipinski definition) is 4.